The van der Waals surface area contributed by atoms with Crippen LogP contribution >= 0.6 is 23.1 Å². The van der Waals surface area contributed by atoms with Crippen LogP contribution in [0.1, 0.15) is 5.56 Å². The summed E-state index contributed by atoms with van der Waals surface area (Å²) in [5.41, 5.74) is 3.99. The normalized spacial score (nSPS) is 10.8. The van der Waals surface area contributed by atoms with Crippen LogP contribution in [0.15, 0.2) is 52.0 Å². The Morgan fingerprint density at radius 2 is 2.00 bits per heavy atom. The summed E-state index contributed by atoms with van der Waals surface area (Å²) in [5, 5.41) is 12.9. The largest absolute Gasteiger partial charge is 0.497 e. The van der Waals surface area contributed by atoms with Crippen molar-refractivity contribution in [3.8, 4) is 22.2 Å². The minimum absolute atomic E-state index is 0.176. The number of rotatable bonds is 8. The first-order chi connectivity index (χ1) is 13.7. The molecule has 3 rings (SSSR count). The molecule has 1 aromatic carbocycles. The number of hydrogen-bond donors (Lipinski definition) is 1. The minimum atomic E-state index is -0.245. The summed E-state index contributed by atoms with van der Waals surface area (Å²) in [6.45, 7) is 0. The highest BCUT2D eigenvalue weighted by atomic mass is 32.2. The summed E-state index contributed by atoms with van der Waals surface area (Å²) in [6.07, 6.45) is 3.23. The highest BCUT2D eigenvalue weighted by molar-refractivity contribution is 8.01. The average molecular weight is 416 g/mol. The summed E-state index contributed by atoms with van der Waals surface area (Å²) < 4.78 is 11.1. The molecule has 0 fully saturated rings. The molecule has 0 bridgehead atoms. The summed E-state index contributed by atoms with van der Waals surface area (Å²) in [4.78, 5) is 16.2. The number of benzene rings is 1. The maximum atomic E-state index is 12.0. The number of ether oxygens (including phenoxy) is 2. The molecule has 0 aliphatic heterocycles. The highest BCUT2D eigenvalue weighted by Gasteiger charge is 2.10. The molecule has 0 saturated carbocycles. The molecular weight excluding hydrogens is 398 g/mol. The first kappa shape index (κ1) is 19.8. The number of carbonyl (C=O) groups is 1. The van der Waals surface area contributed by atoms with Crippen molar-refractivity contribution in [2.75, 3.05) is 20.0 Å². The third-order valence-electron chi connectivity index (χ3n) is 3.39. The fraction of sp³-hybridized carbons (Fsp3) is 0.167. The van der Waals surface area contributed by atoms with Crippen LogP contribution in [0.4, 0.5) is 0 Å². The van der Waals surface area contributed by atoms with Gasteiger partial charge in [-0.25, -0.2) is 5.43 Å². The fourth-order valence-corrected chi connectivity index (χ4v) is 3.72. The van der Waals surface area contributed by atoms with E-state index in [1.165, 1.54) is 29.3 Å². The second kappa shape index (κ2) is 9.81. The SMILES string of the molecule is COc1cc(/C=N\NC(=O)CSc2nnc(-c3ccccn3)s2)cc(OC)c1. The van der Waals surface area contributed by atoms with Crippen molar-refractivity contribution in [2.45, 2.75) is 4.34 Å². The fourth-order valence-electron chi connectivity index (χ4n) is 2.10. The summed E-state index contributed by atoms with van der Waals surface area (Å²) in [6, 6.07) is 10.9. The van der Waals surface area contributed by atoms with Crippen molar-refractivity contribution in [1.82, 2.24) is 20.6 Å². The zero-order valence-electron chi connectivity index (χ0n) is 15.2. The minimum Gasteiger partial charge on any atom is -0.497 e. The Bertz CT molecular complexity index is 941. The first-order valence-corrected chi connectivity index (χ1v) is 9.91. The lowest BCUT2D eigenvalue weighted by Crippen LogP contribution is -2.19. The number of methoxy groups -OCH3 is 2. The maximum absolute atomic E-state index is 12.0. The molecule has 1 N–H and O–H groups in total. The Kier molecular flexibility index (Phi) is 6.93. The molecule has 0 aliphatic rings. The van der Waals surface area contributed by atoms with Gasteiger partial charge in [0.15, 0.2) is 9.35 Å². The van der Waals surface area contributed by atoms with E-state index in [-0.39, 0.29) is 11.7 Å². The van der Waals surface area contributed by atoms with Crippen LogP contribution in [0.2, 0.25) is 0 Å². The molecule has 144 valence electrons. The van der Waals surface area contributed by atoms with Gasteiger partial charge in [-0.2, -0.15) is 5.10 Å². The maximum Gasteiger partial charge on any atom is 0.250 e. The van der Waals surface area contributed by atoms with Gasteiger partial charge >= 0.3 is 0 Å². The number of hydrogen-bond acceptors (Lipinski definition) is 9. The lowest BCUT2D eigenvalue weighted by molar-refractivity contribution is -0.118. The van der Waals surface area contributed by atoms with E-state index in [0.29, 0.717) is 20.8 Å². The smallest absolute Gasteiger partial charge is 0.250 e. The van der Waals surface area contributed by atoms with Gasteiger partial charge in [0, 0.05) is 17.8 Å². The lowest BCUT2D eigenvalue weighted by Gasteiger charge is -2.05. The van der Waals surface area contributed by atoms with Crippen molar-refractivity contribution in [1.29, 1.82) is 0 Å². The molecule has 2 aromatic heterocycles. The quantitative estimate of drug-likeness (QED) is 0.343. The molecule has 2 heterocycles. The monoisotopic (exact) mass is 415 g/mol. The molecule has 0 saturated heterocycles. The molecule has 0 spiro atoms. The topological polar surface area (TPSA) is 98.6 Å². The van der Waals surface area contributed by atoms with E-state index < -0.39 is 0 Å². The zero-order valence-corrected chi connectivity index (χ0v) is 16.8. The van der Waals surface area contributed by atoms with Crippen molar-refractivity contribution >= 4 is 35.2 Å². The van der Waals surface area contributed by atoms with E-state index >= 15 is 0 Å². The van der Waals surface area contributed by atoms with Crippen LogP contribution in [0.3, 0.4) is 0 Å². The number of thioether (sulfide) groups is 1. The van der Waals surface area contributed by atoms with E-state index in [9.17, 15) is 4.79 Å². The molecule has 8 nitrogen and oxygen atoms in total. The Morgan fingerprint density at radius 1 is 1.21 bits per heavy atom. The van der Waals surface area contributed by atoms with Gasteiger partial charge in [0.2, 0.25) is 0 Å². The van der Waals surface area contributed by atoms with Crippen LogP contribution in [-0.2, 0) is 4.79 Å². The summed E-state index contributed by atoms with van der Waals surface area (Å²) in [7, 11) is 3.14. The molecule has 0 unspecified atom stereocenters. The van der Waals surface area contributed by atoms with Gasteiger partial charge < -0.3 is 9.47 Å². The second-order valence-corrected chi connectivity index (χ2v) is 7.52. The molecule has 3 aromatic rings. The van der Waals surface area contributed by atoms with Crippen molar-refractivity contribution < 1.29 is 14.3 Å². The number of hydrazone groups is 1. The molecule has 0 radical (unpaired) electrons. The second-order valence-electron chi connectivity index (χ2n) is 5.32. The van der Waals surface area contributed by atoms with Gasteiger partial charge in [-0.05, 0) is 24.3 Å². The number of nitrogens with one attached hydrogen (secondary N) is 1. The van der Waals surface area contributed by atoms with E-state index in [2.05, 4.69) is 25.7 Å². The molecule has 10 heteroatoms. The van der Waals surface area contributed by atoms with E-state index in [1.807, 2.05) is 18.2 Å². The van der Waals surface area contributed by atoms with Crippen molar-refractivity contribution in [3.63, 3.8) is 0 Å². The molecule has 0 atom stereocenters. The van der Waals surface area contributed by atoms with Gasteiger partial charge in [-0.3, -0.25) is 9.78 Å². The number of amides is 1. The average Bonchev–Trinajstić information content (AvgIpc) is 3.21. The van der Waals surface area contributed by atoms with Crippen LogP contribution in [0.25, 0.3) is 10.7 Å². The van der Waals surface area contributed by atoms with Crippen LogP contribution < -0.4 is 14.9 Å². The predicted molar refractivity (Wildman–Crippen MR) is 109 cm³/mol. The Hall–Kier alpha value is -2.98. The van der Waals surface area contributed by atoms with Gasteiger partial charge in [-0.15, -0.1) is 10.2 Å². The molecule has 28 heavy (non-hydrogen) atoms. The number of carbonyl (C=O) groups excluding carboxylic acids is 1. The van der Waals surface area contributed by atoms with E-state index in [4.69, 9.17) is 9.47 Å². The van der Waals surface area contributed by atoms with Crippen LogP contribution in [0.5, 0.6) is 11.5 Å². The van der Waals surface area contributed by atoms with Gasteiger partial charge in [0.25, 0.3) is 5.91 Å². The van der Waals surface area contributed by atoms with E-state index in [0.717, 1.165) is 11.3 Å². The third-order valence-corrected chi connectivity index (χ3v) is 5.47. The number of aromatic nitrogens is 3. The van der Waals surface area contributed by atoms with Gasteiger partial charge in [0.1, 0.15) is 17.2 Å². The summed E-state index contributed by atoms with van der Waals surface area (Å²) >= 11 is 2.68. The molecule has 1 amide bonds. The Morgan fingerprint density at radius 3 is 2.68 bits per heavy atom. The van der Waals surface area contributed by atoms with Crippen molar-refractivity contribution in [2.24, 2.45) is 5.10 Å². The third kappa shape index (κ3) is 5.51. The summed E-state index contributed by atoms with van der Waals surface area (Å²) in [5.74, 6) is 1.21. The highest BCUT2D eigenvalue weighted by Crippen LogP contribution is 2.27. The Labute approximate surface area is 170 Å². The van der Waals surface area contributed by atoms with Crippen LogP contribution in [0, 0.1) is 0 Å². The molecule has 0 aliphatic carbocycles. The van der Waals surface area contributed by atoms with E-state index in [1.54, 1.807) is 38.6 Å². The Balaban J connectivity index is 1.51. The molecular formula is C18H17N5O3S2. The lowest BCUT2D eigenvalue weighted by atomic mass is 10.2. The van der Waals surface area contributed by atoms with Gasteiger partial charge in [-0.1, -0.05) is 29.2 Å². The standard InChI is InChI=1S/C18H17N5O3S2/c1-25-13-7-12(8-14(9-13)26-2)10-20-21-16(24)11-27-18-23-22-17(28-18)15-5-3-4-6-19-15/h3-10H,11H2,1-2H3,(H,21,24)/b20-10-. The van der Waals surface area contributed by atoms with Gasteiger partial charge in [0.05, 0.1) is 26.2 Å². The first-order valence-electron chi connectivity index (χ1n) is 8.10. The predicted octanol–water partition coefficient (Wildman–Crippen LogP) is 2.86. The number of nitrogens with zero attached hydrogens (tertiary/aromatic N) is 4. The van der Waals surface area contributed by atoms with Crippen LogP contribution in [-0.4, -0.2) is 47.3 Å². The van der Waals surface area contributed by atoms with Crippen molar-refractivity contribution in [3.05, 3.63) is 48.2 Å². The number of pyridine rings is 1. The zero-order chi connectivity index (χ0) is 19.8.